The Morgan fingerprint density at radius 3 is 2.15 bits per heavy atom. The Balaban J connectivity index is 2.13. The first-order chi connectivity index (χ1) is 9.72. The molecule has 0 aromatic carbocycles. The lowest BCUT2D eigenvalue weighted by molar-refractivity contribution is 0.0165. The van der Waals surface area contributed by atoms with Gasteiger partial charge in [0.15, 0.2) is 0 Å². The van der Waals surface area contributed by atoms with E-state index in [2.05, 4.69) is 31.0 Å². The first-order valence-electron chi connectivity index (χ1n) is 9.20. The molecule has 1 saturated heterocycles. The smallest absolute Gasteiger partial charge is 0.0334 e. The highest BCUT2D eigenvalue weighted by atomic mass is 15.2. The van der Waals surface area contributed by atoms with E-state index in [0.717, 1.165) is 12.5 Å². The minimum atomic E-state index is 0.360. The Morgan fingerprint density at radius 1 is 1.00 bits per heavy atom. The fraction of sp³-hybridized carbons (Fsp3) is 1.00. The van der Waals surface area contributed by atoms with Crippen molar-refractivity contribution in [2.45, 2.75) is 90.1 Å². The largest absolute Gasteiger partial charge is 0.312 e. The minimum Gasteiger partial charge on any atom is -0.312 e. The van der Waals surface area contributed by atoms with Crippen LogP contribution < -0.4 is 5.32 Å². The third-order valence-corrected chi connectivity index (χ3v) is 6.01. The van der Waals surface area contributed by atoms with Crippen LogP contribution in [-0.2, 0) is 0 Å². The molecule has 2 rings (SSSR count). The normalized spacial score (nSPS) is 27.1. The molecule has 0 aromatic rings. The minimum absolute atomic E-state index is 0.360. The first kappa shape index (κ1) is 16.3. The van der Waals surface area contributed by atoms with E-state index in [0.29, 0.717) is 11.6 Å². The van der Waals surface area contributed by atoms with Gasteiger partial charge >= 0.3 is 0 Å². The molecule has 2 atom stereocenters. The number of hydrogen-bond donors (Lipinski definition) is 1. The molecule has 118 valence electrons. The summed E-state index contributed by atoms with van der Waals surface area (Å²) in [4.78, 5) is 2.82. The highest BCUT2D eigenvalue weighted by Gasteiger charge is 2.42. The van der Waals surface area contributed by atoms with Crippen LogP contribution in [0.2, 0.25) is 0 Å². The molecule has 2 unspecified atom stereocenters. The Hall–Kier alpha value is -0.0800. The molecule has 0 amide bonds. The number of nitrogens with zero attached hydrogens (tertiary/aromatic N) is 1. The van der Waals surface area contributed by atoms with Gasteiger partial charge in [-0.1, -0.05) is 39.5 Å². The summed E-state index contributed by atoms with van der Waals surface area (Å²) < 4.78 is 0. The molecule has 0 aromatic heterocycles. The maximum Gasteiger partial charge on any atom is 0.0334 e. The van der Waals surface area contributed by atoms with Gasteiger partial charge in [0.1, 0.15) is 0 Å². The number of likely N-dealkylation sites (N-methyl/N-ethyl adjacent to an activating group) is 1. The summed E-state index contributed by atoms with van der Waals surface area (Å²) in [6.07, 6.45) is 12.8. The number of rotatable bonds is 6. The maximum absolute atomic E-state index is 3.90. The Kier molecular flexibility index (Phi) is 6.35. The summed E-state index contributed by atoms with van der Waals surface area (Å²) in [6.45, 7) is 11.0. The molecule has 1 saturated carbocycles. The van der Waals surface area contributed by atoms with Gasteiger partial charge < -0.3 is 5.32 Å². The van der Waals surface area contributed by atoms with Crippen molar-refractivity contribution in [3.8, 4) is 0 Å². The second kappa shape index (κ2) is 7.79. The van der Waals surface area contributed by atoms with Crippen LogP contribution in [0.5, 0.6) is 0 Å². The van der Waals surface area contributed by atoms with E-state index in [-0.39, 0.29) is 0 Å². The van der Waals surface area contributed by atoms with E-state index in [9.17, 15) is 0 Å². The summed E-state index contributed by atoms with van der Waals surface area (Å²) in [5.41, 5.74) is 0.360. The summed E-state index contributed by atoms with van der Waals surface area (Å²) in [5, 5.41) is 3.90. The summed E-state index contributed by atoms with van der Waals surface area (Å²) in [7, 11) is 0. The third kappa shape index (κ3) is 3.57. The van der Waals surface area contributed by atoms with Crippen molar-refractivity contribution in [2.24, 2.45) is 5.92 Å². The zero-order chi connectivity index (χ0) is 14.4. The van der Waals surface area contributed by atoms with E-state index in [4.69, 9.17) is 0 Å². The predicted molar refractivity (Wildman–Crippen MR) is 88.2 cm³/mol. The first-order valence-corrected chi connectivity index (χ1v) is 9.20. The monoisotopic (exact) mass is 280 g/mol. The average Bonchev–Trinajstić information content (AvgIpc) is 2.53. The van der Waals surface area contributed by atoms with Crippen LogP contribution in [0.1, 0.15) is 78.6 Å². The number of nitrogens with one attached hydrogen (secondary N) is 1. The van der Waals surface area contributed by atoms with Crippen LogP contribution in [0.15, 0.2) is 0 Å². The van der Waals surface area contributed by atoms with Crippen molar-refractivity contribution in [3.63, 3.8) is 0 Å². The molecule has 2 nitrogen and oxygen atoms in total. The lowest BCUT2D eigenvalue weighted by atomic mass is 9.73. The summed E-state index contributed by atoms with van der Waals surface area (Å²) in [6, 6.07) is 0.691. The zero-order valence-electron chi connectivity index (χ0n) is 14.1. The van der Waals surface area contributed by atoms with E-state index in [1.807, 2.05) is 0 Å². The van der Waals surface area contributed by atoms with Gasteiger partial charge in [-0.25, -0.2) is 0 Å². The van der Waals surface area contributed by atoms with Crippen molar-refractivity contribution in [1.29, 1.82) is 0 Å². The zero-order valence-corrected chi connectivity index (χ0v) is 14.1. The summed E-state index contributed by atoms with van der Waals surface area (Å²) in [5.74, 6) is 0.899. The lowest BCUT2D eigenvalue weighted by Gasteiger charge is -2.51. The Morgan fingerprint density at radius 2 is 1.60 bits per heavy atom. The molecule has 20 heavy (non-hydrogen) atoms. The molecular weight excluding hydrogens is 244 g/mol. The fourth-order valence-corrected chi connectivity index (χ4v) is 4.63. The summed E-state index contributed by atoms with van der Waals surface area (Å²) >= 11 is 0. The van der Waals surface area contributed by atoms with Crippen LogP contribution in [0.25, 0.3) is 0 Å². The van der Waals surface area contributed by atoms with Crippen LogP contribution in [0, 0.1) is 5.92 Å². The van der Waals surface area contributed by atoms with Crippen LogP contribution in [0.4, 0.5) is 0 Å². The van der Waals surface area contributed by atoms with Crippen molar-refractivity contribution in [1.82, 2.24) is 10.2 Å². The van der Waals surface area contributed by atoms with Crippen LogP contribution in [0.3, 0.4) is 0 Å². The quantitative estimate of drug-likeness (QED) is 0.784. The molecular formula is C18H36N2. The van der Waals surface area contributed by atoms with Crippen molar-refractivity contribution >= 4 is 0 Å². The molecule has 0 spiro atoms. The molecule has 2 fully saturated rings. The van der Waals surface area contributed by atoms with Crippen molar-refractivity contribution in [3.05, 3.63) is 0 Å². The Bertz CT molecular complexity index is 267. The molecule has 2 heteroatoms. The third-order valence-electron chi connectivity index (χ3n) is 6.01. The fourth-order valence-electron chi connectivity index (χ4n) is 4.63. The lowest BCUT2D eigenvalue weighted by Crippen LogP contribution is -2.63. The second-order valence-corrected chi connectivity index (χ2v) is 7.19. The predicted octanol–water partition coefficient (Wildman–Crippen LogP) is 4.20. The van der Waals surface area contributed by atoms with E-state index >= 15 is 0 Å². The van der Waals surface area contributed by atoms with Gasteiger partial charge in [-0.3, -0.25) is 4.90 Å². The van der Waals surface area contributed by atoms with E-state index in [1.165, 1.54) is 70.9 Å². The topological polar surface area (TPSA) is 15.3 Å². The number of likely N-dealkylation sites (tertiary alicyclic amines) is 1. The van der Waals surface area contributed by atoms with Crippen molar-refractivity contribution < 1.29 is 0 Å². The van der Waals surface area contributed by atoms with Crippen LogP contribution in [-0.4, -0.2) is 36.1 Å². The highest BCUT2D eigenvalue weighted by Crippen LogP contribution is 2.36. The van der Waals surface area contributed by atoms with Gasteiger partial charge in [0.25, 0.3) is 0 Å². The number of piperidine rings is 1. The highest BCUT2D eigenvalue weighted by molar-refractivity contribution is 5.00. The van der Waals surface area contributed by atoms with Gasteiger partial charge in [0.2, 0.25) is 0 Å². The molecule has 1 heterocycles. The van der Waals surface area contributed by atoms with Crippen LogP contribution >= 0.6 is 0 Å². The maximum atomic E-state index is 3.90. The SMILES string of the molecule is CCNC(C1CCCCC1)C(C)(CC)N1CCCCC1. The van der Waals surface area contributed by atoms with Gasteiger partial charge in [-0.2, -0.15) is 0 Å². The van der Waals surface area contributed by atoms with Gasteiger partial charge in [0.05, 0.1) is 0 Å². The molecule has 1 aliphatic carbocycles. The van der Waals surface area contributed by atoms with E-state index in [1.54, 1.807) is 0 Å². The van der Waals surface area contributed by atoms with Gasteiger partial charge in [-0.15, -0.1) is 0 Å². The van der Waals surface area contributed by atoms with Gasteiger partial charge in [0, 0.05) is 11.6 Å². The van der Waals surface area contributed by atoms with Crippen molar-refractivity contribution in [2.75, 3.05) is 19.6 Å². The molecule has 2 aliphatic rings. The number of hydrogen-bond acceptors (Lipinski definition) is 2. The Labute approximate surface area is 126 Å². The average molecular weight is 280 g/mol. The molecule has 0 radical (unpaired) electrons. The molecule has 0 bridgehead atoms. The second-order valence-electron chi connectivity index (χ2n) is 7.19. The molecule has 1 aliphatic heterocycles. The van der Waals surface area contributed by atoms with E-state index < -0.39 is 0 Å². The molecule has 1 N–H and O–H groups in total. The standard InChI is InChI=1S/C18H36N2/c1-4-18(3,20-14-10-7-11-15-20)17(19-5-2)16-12-8-6-9-13-16/h16-17,19H,4-15H2,1-3H3. The van der Waals surface area contributed by atoms with Gasteiger partial charge in [-0.05, 0) is 64.6 Å².